The summed E-state index contributed by atoms with van der Waals surface area (Å²) in [6.07, 6.45) is -3.02. The number of alkyl halides is 3. The van der Waals surface area contributed by atoms with Gasteiger partial charge < -0.3 is 5.32 Å². The molecular weight excluding hydrogens is 299 g/mol. The van der Waals surface area contributed by atoms with Gasteiger partial charge in [-0.1, -0.05) is 20.8 Å². The van der Waals surface area contributed by atoms with E-state index >= 15 is 0 Å². The van der Waals surface area contributed by atoms with Gasteiger partial charge >= 0.3 is 6.18 Å². The van der Waals surface area contributed by atoms with Crippen LogP contribution < -0.4 is 5.32 Å². The topological polar surface area (TPSA) is 28.2 Å². The number of rotatable bonds is 7. The first-order chi connectivity index (χ1) is 9.68. The van der Waals surface area contributed by atoms with Crippen molar-refractivity contribution < 1.29 is 13.2 Å². The van der Waals surface area contributed by atoms with Crippen LogP contribution in [0.15, 0.2) is 6.20 Å². The lowest BCUT2D eigenvalue weighted by molar-refractivity contribution is -0.137. The molecule has 1 heterocycles. The van der Waals surface area contributed by atoms with Gasteiger partial charge in [-0.15, -0.1) is 11.3 Å². The lowest BCUT2D eigenvalue weighted by atomic mass is 9.91. The van der Waals surface area contributed by atoms with Gasteiger partial charge in [-0.2, -0.15) is 13.2 Å². The van der Waals surface area contributed by atoms with E-state index in [1.54, 1.807) is 0 Å². The molecular formula is C14H24F3N3S. The average molecular weight is 323 g/mol. The van der Waals surface area contributed by atoms with Crippen molar-refractivity contribution in [2.45, 2.75) is 52.4 Å². The van der Waals surface area contributed by atoms with E-state index in [1.807, 2.05) is 6.92 Å². The number of nitrogens with zero attached hydrogens (tertiary/aromatic N) is 2. The van der Waals surface area contributed by atoms with Gasteiger partial charge in [-0.05, 0) is 33.5 Å². The summed E-state index contributed by atoms with van der Waals surface area (Å²) in [6.45, 7) is 12.6. The van der Waals surface area contributed by atoms with Crippen molar-refractivity contribution in [3.8, 4) is 0 Å². The minimum atomic E-state index is -4.38. The second-order valence-corrected chi connectivity index (χ2v) is 6.44. The molecule has 3 nitrogen and oxygen atoms in total. The normalized spacial score (nSPS) is 14.7. The fourth-order valence-corrected chi connectivity index (χ4v) is 3.71. The number of halogens is 3. The molecule has 0 radical (unpaired) electrons. The third kappa shape index (κ3) is 4.17. The Balaban J connectivity index is 3.14. The summed E-state index contributed by atoms with van der Waals surface area (Å²) in [5, 5.41) is 2.53. The lowest BCUT2D eigenvalue weighted by Crippen LogP contribution is -2.52. The highest BCUT2D eigenvalue weighted by atomic mass is 32.1. The first-order valence-electron chi connectivity index (χ1n) is 7.19. The number of aromatic nitrogens is 1. The quantitative estimate of drug-likeness (QED) is 0.824. The molecule has 0 spiro atoms. The Morgan fingerprint density at radius 2 is 1.81 bits per heavy atom. The predicted molar refractivity (Wildman–Crippen MR) is 80.5 cm³/mol. The van der Waals surface area contributed by atoms with Crippen LogP contribution in [-0.4, -0.2) is 35.1 Å². The first kappa shape index (κ1) is 18.4. The van der Waals surface area contributed by atoms with Crippen LogP contribution in [0, 0.1) is 0 Å². The van der Waals surface area contributed by atoms with Gasteiger partial charge in [0.25, 0.3) is 0 Å². The molecule has 0 aliphatic heterocycles. The summed E-state index contributed by atoms with van der Waals surface area (Å²) in [5.41, 5.74) is -0.297. The molecule has 0 fully saturated rings. The van der Waals surface area contributed by atoms with Crippen molar-refractivity contribution in [1.29, 1.82) is 0 Å². The molecule has 21 heavy (non-hydrogen) atoms. The van der Waals surface area contributed by atoms with Gasteiger partial charge in [0.2, 0.25) is 0 Å². The van der Waals surface area contributed by atoms with Gasteiger partial charge in [-0.3, -0.25) is 4.90 Å². The largest absolute Gasteiger partial charge is 0.443 e. The fraction of sp³-hybridized carbons (Fsp3) is 0.786. The molecule has 0 bridgehead atoms. The van der Waals surface area contributed by atoms with Crippen LogP contribution in [0.2, 0.25) is 0 Å². The number of nitrogens with one attached hydrogen (secondary N) is 1. The predicted octanol–water partition coefficient (Wildman–Crippen LogP) is 3.93. The molecule has 1 N–H and O–H groups in total. The van der Waals surface area contributed by atoms with Crippen molar-refractivity contribution >= 4 is 11.3 Å². The molecule has 1 atom stereocenters. The van der Waals surface area contributed by atoms with Crippen LogP contribution in [0.3, 0.4) is 0 Å². The fourth-order valence-electron chi connectivity index (χ4n) is 2.67. The molecule has 0 saturated heterocycles. The third-order valence-corrected chi connectivity index (χ3v) is 4.85. The van der Waals surface area contributed by atoms with Crippen molar-refractivity contribution in [2.24, 2.45) is 0 Å². The molecule has 1 aromatic rings. The Morgan fingerprint density at radius 3 is 2.19 bits per heavy atom. The molecule has 1 aromatic heterocycles. The van der Waals surface area contributed by atoms with Crippen LogP contribution in [0.4, 0.5) is 13.2 Å². The maximum atomic E-state index is 12.8. The molecule has 0 aliphatic rings. The minimum absolute atomic E-state index is 0.184. The summed E-state index contributed by atoms with van der Waals surface area (Å²) >= 11 is 0.728. The van der Waals surface area contributed by atoms with Crippen molar-refractivity contribution in [2.75, 3.05) is 19.6 Å². The highest BCUT2D eigenvalue weighted by Crippen LogP contribution is 2.38. The Morgan fingerprint density at radius 1 is 1.24 bits per heavy atom. The molecule has 1 unspecified atom stereocenters. The van der Waals surface area contributed by atoms with Crippen LogP contribution in [0.1, 0.15) is 50.5 Å². The van der Waals surface area contributed by atoms with E-state index in [0.717, 1.165) is 24.4 Å². The highest BCUT2D eigenvalue weighted by molar-refractivity contribution is 7.11. The monoisotopic (exact) mass is 323 g/mol. The summed E-state index contributed by atoms with van der Waals surface area (Å²) in [5.74, 6) is 0. The number of thiazole rings is 1. The Bertz CT molecular complexity index is 439. The second kappa shape index (κ2) is 7.07. The Labute approximate surface area is 128 Å². The zero-order valence-corrected chi connectivity index (χ0v) is 14.0. The van der Waals surface area contributed by atoms with E-state index in [9.17, 15) is 13.2 Å². The molecule has 122 valence electrons. The number of likely N-dealkylation sites (N-methyl/N-ethyl adjacent to an activating group) is 2. The van der Waals surface area contributed by atoms with Crippen LogP contribution >= 0.6 is 11.3 Å². The van der Waals surface area contributed by atoms with Gasteiger partial charge in [0, 0.05) is 16.6 Å². The molecule has 0 saturated carbocycles. The SMILES string of the molecule is CCNC(c1cnc(C(F)(F)F)s1)C(C)(C)N(CC)CC. The highest BCUT2D eigenvalue weighted by Gasteiger charge is 2.39. The van der Waals surface area contributed by atoms with E-state index in [4.69, 9.17) is 0 Å². The van der Waals surface area contributed by atoms with Gasteiger partial charge in [0.05, 0.1) is 6.04 Å². The molecule has 7 heteroatoms. The summed E-state index contributed by atoms with van der Waals surface area (Å²) < 4.78 is 38.3. The second-order valence-electron chi connectivity index (χ2n) is 5.38. The molecule has 1 rings (SSSR count). The Hall–Kier alpha value is -0.660. The summed E-state index contributed by atoms with van der Waals surface area (Å²) in [7, 11) is 0. The lowest BCUT2D eigenvalue weighted by Gasteiger charge is -2.43. The van der Waals surface area contributed by atoms with Crippen LogP contribution in [-0.2, 0) is 6.18 Å². The van der Waals surface area contributed by atoms with Crippen LogP contribution in [0.25, 0.3) is 0 Å². The maximum Gasteiger partial charge on any atom is 0.443 e. The number of hydrogen-bond donors (Lipinski definition) is 1. The van der Waals surface area contributed by atoms with Crippen molar-refractivity contribution in [3.05, 3.63) is 16.1 Å². The molecule has 0 aliphatic carbocycles. The van der Waals surface area contributed by atoms with E-state index in [2.05, 4.69) is 42.9 Å². The van der Waals surface area contributed by atoms with Crippen molar-refractivity contribution in [3.63, 3.8) is 0 Å². The number of hydrogen-bond acceptors (Lipinski definition) is 4. The smallest absolute Gasteiger partial charge is 0.308 e. The standard InChI is InChI=1S/C14H24F3N3S/c1-6-18-11(13(4,5)20(7-2)8-3)10-9-19-12(21-10)14(15,16)17/h9,11,18H,6-8H2,1-5H3. The summed E-state index contributed by atoms with van der Waals surface area (Å²) in [6, 6.07) is -0.184. The minimum Gasteiger partial charge on any atom is -0.308 e. The van der Waals surface area contributed by atoms with Crippen LogP contribution in [0.5, 0.6) is 0 Å². The van der Waals surface area contributed by atoms with Gasteiger partial charge in [-0.25, -0.2) is 4.98 Å². The average Bonchev–Trinajstić information content (AvgIpc) is 2.85. The molecule has 0 aromatic carbocycles. The molecule has 0 amide bonds. The van der Waals surface area contributed by atoms with Crippen molar-refractivity contribution in [1.82, 2.24) is 15.2 Å². The Kier molecular flexibility index (Phi) is 6.19. The van der Waals surface area contributed by atoms with Gasteiger partial charge in [0.1, 0.15) is 0 Å². The van der Waals surface area contributed by atoms with E-state index < -0.39 is 11.2 Å². The first-order valence-corrected chi connectivity index (χ1v) is 8.01. The zero-order chi connectivity index (χ0) is 16.3. The van der Waals surface area contributed by atoms with Gasteiger partial charge in [0.15, 0.2) is 5.01 Å². The zero-order valence-electron chi connectivity index (χ0n) is 13.2. The van der Waals surface area contributed by atoms with E-state index in [1.165, 1.54) is 6.20 Å². The summed E-state index contributed by atoms with van der Waals surface area (Å²) in [4.78, 5) is 6.42. The van der Waals surface area contributed by atoms with E-state index in [0.29, 0.717) is 11.4 Å². The third-order valence-electron chi connectivity index (χ3n) is 3.74. The maximum absolute atomic E-state index is 12.8. The van der Waals surface area contributed by atoms with E-state index in [-0.39, 0.29) is 11.6 Å².